The minimum atomic E-state index is -4.49. The van der Waals surface area contributed by atoms with Crippen molar-refractivity contribution in [3.05, 3.63) is 23.8 Å². The average molecular weight is 277 g/mol. The largest absolute Gasteiger partial charge is 0.456 e. The molecule has 1 atom stereocenters. The number of hydrogen-bond donors (Lipinski definition) is 1. The van der Waals surface area contributed by atoms with Crippen molar-refractivity contribution >= 4 is 5.97 Å². The van der Waals surface area contributed by atoms with Crippen molar-refractivity contribution in [2.75, 3.05) is 0 Å². The highest BCUT2D eigenvalue weighted by molar-refractivity contribution is 5.75. The van der Waals surface area contributed by atoms with Crippen molar-refractivity contribution in [2.45, 2.75) is 32.7 Å². The molecule has 0 radical (unpaired) electrons. The van der Waals surface area contributed by atoms with Crippen LogP contribution in [-0.4, -0.2) is 22.0 Å². The van der Waals surface area contributed by atoms with E-state index in [9.17, 15) is 18.0 Å². The fourth-order valence-electron chi connectivity index (χ4n) is 1.08. The Morgan fingerprint density at radius 1 is 1.37 bits per heavy atom. The molecule has 0 unspecified atom stereocenters. The molecule has 1 aromatic heterocycles. The molecule has 0 aliphatic rings. The smallest absolute Gasteiger partial charge is 0.419 e. The molecule has 8 heteroatoms. The Hall–Kier alpha value is -1.70. The van der Waals surface area contributed by atoms with Crippen LogP contribution in [0.4, 0.5) is 13.2 Å². The van der Waals surface area contributed by atoms with E-state index < -0.39 is 23.8 Å². The number of esters is 1. The second-order valence-electron chi connectivity index (χ2n) is 4.26. The number of carbonyl (C=O) groups excluding carboxylic acids is 1. The van der Waals surface area contributed by atoms with Gasteiger partial charge in [-0.2, -0.15) is 13.2 Å². The lowest BCUT2D eigenvalue weighted by molar-refractivity contribution is -0.148. The Labute approximate surface area is 108 Å². The van der Waals surface area contributed by atoms with E-state index in [1.165, 1.54) is 0 Å². The Balaban J connectivity index is 2.58. The zero-order valence-corrected chi connectivity index (χ0v) is 10.4. The Morgan fingerprint density at radius 3 is 2.32 bits per heavy atom. The van der Waals surface area contributed by atoms with E-state index >= 15 is 0 Å². The lowest BCUT2D eigenvalue weighted by Crippen LogP contribution is -2.36. The maximum Gasteiger partial charge on any atom is 0.419 e. The van der Waals surface area contributed by atoms with Gasteiger partial charge in [0.2, 0.25) is 0 Å². The van der Waals surface area contributed by atoms with Gasteiger partial charge in [0.05, 0.1) is 5.56 Å². The molecule has 1 aromatic rings. The van der Waals surface area contributed by atoms with Crippen molar-refractivity contribution in [3.8, 4) is 0 Å². The summed E-state index contributed by atoms with van der Waals surface area (Å²) in [6.07, 6.45) is -3.22. The molecule has 0 saturated carbocycles. The second-order valence-corrected chi connectivity index (χ2v) is 4.26. The van der Waals surface area contributed by atoms with Gasteiger partial charge in [0, 0.05) is 12.4 Å². The van der Waals surface area contributed by atoms with Gasteiger partial charge in [-0.05, 0) is 5.92 Å². The molecule has 5 nitrogen and oxygen atoms in total. The number of nitrogens with zero attached hydrogens (tertiary/aromatic N) is 2. The first-order chi connectivity index (χ1) is 8.71. The second kappa shape index (κ2) is 5.96. The zero-order chi connectivity index (χ0) is 14.6. The van der Waals surface area contributed by atoms with E-state index in [1.807, 2.05) is 0 Å². The predicted molar refractivity (Wildman–Crippen MR) is 59.6 cm³/mol. The summed E-state index contributed by atoms with van der Waals surface area (Å²) in [6, 6.07) is -0.783. The van der Waals surface area contributed by atoms with Crippen LogP contribution in [-0.2, 0) is 22.3 Å². The van der Waals surface area contributed by atoms with Crippen molar-refractivity contribution < 1.29 is 22.7 Å². The van der Waals surface area contributed by atoms with Gasteiger partial charge < -0.3 is 10.5 Å². The van der Waals surface area contributed by atoms with Gasteiger partial charge in [-0.15, -0.1) is 0 Å². The van der Waals surface area contributed by atoms with Gasteiger partial charge in [0.1, 0.15) is 6.04 Å². The molecule has 1 rings (SSSR count). The summed E-state index contributed by atoms with van der Waals surface area (Å²) in [7, 11) is 0. The number of ether oxygens (including phenoxy) is 1. The van der Waals surface area contributed by atoms with Crippen LogP contribution in [0.15, 0.2) is 12.4 Å². The van der Waals surface area contributed by atoms with Crippen LogP contribution in [0.2, 0.25) is 0 Å². The fraction of sp³-hybridized carbons (Fsp3) is 0.545. The molecule has 0 fully saturated rings. The SMILES string of the molecule is CC(C)[C@H](N)C(=O)OCc1ncc(C(F)(F)F)cn1. The summed E-state index contributed by atoms with van der Waals surface area (Å²) in [5.74, 6) is -0.753. The van der Waals surface area contributed by atoms with Crippen LogP contribution in [0.3, 0.4) is 0 Å². The van der Waals surface area contributed by atoms with Crippen molar-refractivity contribution in [1.29, 1.82) is 0 Å². The summed E-state index contributed by atoms with van der Waals surface area (Å²) >= 11 is 0. The lowest BCUT2D eigenvalue weighted by Gasteiger charge is -2.14. The summed E-state index contributed by atoms with van der Waals surface area (Å²) < 4.78 is 41.5. The number of hydrogen-bond acceptors (Lipinski definition) is 5. The third-order valence-electron chi connectivity index (χ3n) is 2.37. The fourth-order valence-corrected chi connectivity index (χ4v) is 1.08. The molecule has 0 saturated heterocycles. The summed E-state index contributed by atoms with van der Waals surface area (Å²) in [4.78, 5) is 18.3. The molecule has 0 aromatic carbocycles. The Bertz CT molecular complexity index is 432. The highest BCUT2D eigenvalue weighted by atomic mass is 19.4. The first-order valence-electron chi connectivity index (χ1n) is 5.52. The molecule has 0 aliphatic carbocycles. The number of halogens is 3. The summed E-state index contributed by atoms with van der Waals surface area (Å²) in [5.41, 5.74) is 4.58. The topological polar surface area (TPSA) is 78.1 Å². The quantitative estimate of drug-likeness (QED) is 0.844. The molecule has 2 N–H and O–H groups in total. The standard InChI is InChI=1S/C11H14F3N3O2/c1-6(2)9(15)10(18)19-5-8-16-3-7(4-17-8)11(12,13)14/h3-4,6,9H,5,15H2,1-2H3/t9-/m0/s1. The van der Waals surface area contributed by atoms with Crippen LogP contribution < -0.4 is 5.73 Å². The first-order valence-corrected chi connectivity index (χ1v) is 5.52. The van der Waals surface area contributed by atoms with E-state index in [-0.39, 0.29) is 18.3 Å². The van der Waals surface area contributed by atoms with Gasteiger partial charge in [-0.25, -0.2) is 9.97 Å². The minimum absolute atomic E-state index is 0.0164. The molecule has 0 bridgehead atoms. The molecule has 0 aliphatic heterocycles. The molecular weight excluding hydrogens is 263 g/mol. The van der Waals surface area contributed by atoms with Gasteiger partial charge in [0.25, 0.3) is 0 Å². The Morgan fingerprint density at radius 2 is 1.89 bits per heavy atom. The maximum absolute atomic E-state index is 12.2. The highest BCUT2D eigenvalue weighted by Crippen LogP contribution is 2.27. The third kappa shape index (κ3) is 4.47. The van der Waals surface area contributed by atoms with Crippen LogP contribution in [0, 0.1) is 5.92 Å². The van der Waals surface area contributed by atoms with Crippen molar-refractivity contribution in [2.24, 2.45) is 11.7 Å². The zero-order valence-electron chi connectivity index (χ0n) is 10.4. The number of alkyl halides is 3. The van der Waals surface area contributed by atoms with Gasteiger partial charge in [-0.3, -0.25) is 4.79 Å². The van der Waals surface area contributed by atoms with Gasteiger partial charge >= 0.3 is 12.1 Å². The van der Waals surface area contributed by atoms with Crippen LogP contribution in [0.5, 0.6) is 0 Å². The van der Waals surface area contributed by atoms with E-state index in [4.69, 9.17) is 10.5 Å². The number of aromatic nitrogens is 2. The number of rotatable bonds is 4. The number of nitrogens with two attached hydrogens (primary N) is 1. The van der Waals surface area contributed by atoms with E-state index in [2.05, 4.69) is 9.97 Å². The van der Waals surface area contributed by atoms with Crippen molar-refractivity contribution in [1.82, 2.24) is 9.97 Å². The van der Waals surface area contributed by atoms with Crippen molar-refractivity contribution in [3.63, 3.8) is 0 Å². The highest BCUT2D eigenvalue weighted by Gasteiger charge is 2.31. The molecule has 19 heavy (non-hydrogen) atoms. The molecule has 0 amide bonds. The average Bonchev–Trinajstić information content (AvgIpc) is 2.34. The van der Waals surface area contributed by atoms with Gasteiger partial charge in [-0.1, -0.05) is 13.8 Å². The van der Waals surface area contributed by atoms with E-state index in [0.717, 1.165) is 0 Å². The predicted octanol–water partition coefficient (Wildman–Crippen LogP) is 1.52. The van der Waals surface area contributed by atoms with E-state index in [1.54, 1.807) is 13.8 Å². The summed E-state index contributed by atoms with van der Waals surface area (Å²) in [5, 5.41) is 0. The lowest BCUT2D eigenvalue weighted by atomic mass is 10.1. The van der Waals surface area contributed by atoms with Crippen LogP contribution in [0.1, 0.15) is 25.2 Å². The normalized spacial score (nSPS) is 13.4. The molecule has 0 spiro atoms. The van der Waals surface area contributed by atoms with Crippen LogP contribution >= 0.6 is 0 Å². The van der Waals surface area contributed by atoms with Gasteiger partial charge in [0.15, 0.2) is 12.4 Å². The maximum atomic E-state index is 12.2. The minimum Gasteiger partial charge on any atom is -0.456 e. The van der Waals surface area contributed by atoms with E-state index in [0.29, 0.717) is 12.4 Å². The molecule has 1 heterocycles. The third-order valence-corrected chi connectivity index (χ3v) is 2.37. The number of carbonyl (C=O) groups is 1. The molecular formula is C11H14F3N3O2. The summed E-state index contributed by atoms with van der Waals surface area (Å²) in [6.45, 7) is 3.19. The first kappa shape index (κ1) is 15.4. The Kier molecular flexibility index (Phi) is 4.82. The van der Waals surface area contributed by atoms with Crippen LogP contribution in [0.25, 0.3) is 0 Å². The molecule has 106 valence electrons. The monoisotopic (exact) mass is 277 g/mol.